The normalized spacial score (nSPS) is 15.7. The number of pyridine rings is 1. The zero-order valence-corrected chi connectivity index (χ0v) is 15.8. The number of hydrogen-bond acceptors (Lipinski definition) is 4. The molecule has 6 nitrogen and oxygen atoms in total. The van der Waals surface area contributed by atoms with Crippen LogP contribution < -0.4 is 10.2 Å². The summed E-state index contributed by atoms with van der Waals surface area (Å²) in [7, 11) is 3.90. The fourth-order valence-corrected chi connectivity index (χ4v) is 3.26. The molecule has 0 saturated heterocycles. The monoisotopic (exact) mass is 364 g/mol. The summed E-state index contributed by atoms with van der Waals surface area (Å²) >= 11 is 0. The molecule has 1 aliphatic rings. The molecule has 1 N–H and O–H groups in total. The second kappa shape index (κ2) is 8.03. The van der Waals surface area contributed by atoms with E-state index in [1.807, 2.05) is 19.2 Å². The van der Waals surface area contributed by atoms with E-state index in [-0.39, 0.29) is 17.9 Å². The summed E-state index contributed by atoms with van der Waals surface area (Å²) in [6.07, 6.45) is 5.85. The Hall–Kier alpha value is -3.15. The van der Waals surface area contributed by atoms with Crippen molar-refractivity contribution in [1.82, 2.24) is 9.88 Å². The Morgan fingerprint density at radius 1 is 1.30 bits per heavy atom. The maximum Gasteiger partial charge on any atom is 0.246 e. The number of fused-ring (bicyclic) bond motifs is 1. The molecule has 1 aromatic heterocycles. The molecule has 0 bridgehead atoms. The Morgan fingerprint density at radius 3 is 2.74 bits per heavy atom. The van der Waals surface area contributed by atoms with Crippen LogP contribution in [0.5, 0.6) is 0 Å². The van der Waals surface area contributed by atoms with Gasteiger partial charge in [-0.2, -0.15) is 0 Å². The molecule has 1 unspecified atom stereocenters. The second-order valence-corrected chi connectivity index (χ2v) is 6.81. The molecule has 0 aliphatic carbocycles. The van der Waals surface area contributed by atoms with Gasteiger partial charge < -0.3 is 15.1 Å². The van der Waals surface area contributed by atoms with Crippen LogP contribution in [0.25, 0.3) is 6.08 Å². The average molecular weight is 364 g/mol. The van der Waals surface area contributed by atoms with Crippen LogP contribution in [0.1, 0.15) is 18.1 Å². The van der Waals surface area contributed by atoms with Gasteiger partial charge in [0.25, 0.3) is 0 Å². The number of rotatable bonds is 5. The summed E-state index contributed by atoms with van der Waals surface area (Å²) in [4.78, 5) is 31.6. The molecule has 2 amide bonds. The molecule has 1 aliphatic heterocycles. The molecular formula is C21H24N4O2. The third kappa shape index (κ3) is 4.53. The van der Waals surface area contributed by atoms with Gasteiger partial charge >= 0.3 is 0 Å². The fourth-order valence-electron chi connectivity index (χ4n) is 3.26. The van der Waals surface area contributed by atoms with Crippen molar-refractivity contribution in [2.24, 2.45) is 0 Å². The quantitative estimate of drug-likeness (QED) is 0.828. The number of anilines is 2. The van der Waals surface area contributed by atoms with Gasteiger partial charge in [0.05, 0.1) is 6.04 Å². The minimum absolute atomic E-state index is 0.0507. The van der Waals surface area contributed by atoms with Crippen LogP contribution in [0, 0.1) is 0 Å². The van der Waals surface area contributed by atoms with E-state index < -0.39 is 0 Å². The van der Waals surface area contributed by atoms with E-state index in [2.05, 4.69) is 40.4 Å². The smallest absolute Gasteiger partial charge is 0.246 e. The number of likely N-dealkylation sites (N-methyl/N-ethyl adjacent to an activating group) is 2. The second-order valence-electron chi connectivity index (χ2n) is 6.81. The van der Waals surface area contributed by atoms with Crippen molar-refractivity contribution >= 4 is 29.4 Å². The number of nitrogens with zero attached hydrogens (tertiary/aromatic N) is 3. The number of amides is 2. The molecule has 0 radical (unpaired) electrons. The molecule has 2 heterocycles. The lowest BCUT2D eigenvalue weighted by molar-refractivity contribution is -0.124. The van der Waals surface area contributed by atoms with Crippen LogP contribution in [-0.4, -0.2) is 48.4 Å². The molecule has 27 heavy (non-hydrogen) atoms. The molecular weight excluding hydrogens is 340 g/mol. The van der Waals surface area contributed by atoms with E-state index in [4.69, 9.17) is 0 Å². The van der Waals surface area contributed by atoms with Crippen molar-refractivity contribution in [3.8, 4) is 0 Å². The predicted molar refractivity (Wildman–Crippen MR) is 108 cm³/mol. The van der Waals surface area contributed by atoms with Crippen molar-refractivity contribution < 1.29 is 9.59 Å². The lowest BCUT2D eigenvalue weighted by Crippen LogP contribution is -2.40. The topological polar surface area (TPSA) is 65.5 Å². The standard InChI is InChI=1S/C21H24N4O2/c1-15(26)23-20-10-8-16(13-22-20)9-11-21(27)24(2)14-18-12-17-6-4-5-7-19(17)25(18)3/h4-11,13,18H,12,14H2,1-3H3,(H,22,23,26). The van der Waals surface area contributed by atoms with Gasteiger partial charge in [-0.15, -0.1) is 0 Å². The van der Waals surface area contributed by atoms with Crippen LogP contribution in [-0.2, 0) is 16.0 Å². The van der Waals surface area contributed by atoms with E-state index in [0.29, 0.717) is 12.4 Å². The number of benzene rings is 1. The number of para-hydroxylation sites is 1. The zero-order valence-electron chi connectivity index (χ0n) is 15.8. The highest BCUT2D eigenvalue weighted by Crippen LogP contribution is 2.30. The van der Waals surface area contributed by atoms with Gasteiger partial charge in [0.2, 0.25) is 11.8 Å². The van der Waals surface area contributed by atoms with E-state index in [9.17, 15) is 9.59 Å². The van der Waals surface area contributed by atoms with E-state index in [0.717, 1.165) is 12.0 Å². The highest BCUT2D eigenvalue weighted by atomic mass is 16.2. The first-order valence-corrected chi connectivity index (χ1v) is 8.91. The Balaban J connectivity index is 1.56. The van der Waals surface area contributed by atoms with Gasteiger partial charge in [0, 0.05) is 45.5 Å². The Morgan fingerprint density at radius 2 is 2.07 bits per heavy atom. The molecule has 0 fully saturated rings. The number of carbonyl (C=O) groups is 2. The lowest BCUT2D eigenvalue weighted by atomic mass is 10.1. The average Bonchev–Trinajstić information content (AvgIpc) is 2.96. The van der Waals surface area contributed by atoms with Crippen molar-refractivity contribution in [1.29, 1.82) is 0 Å². The maximum absolute atomic E-state index is 12.4. The number of hydrogen-bond donors (Lipinski definition) is 1. The summed E-state index contributed by atoms with van der Waals surface area (Å²) in [5, 5.41) is 2.61. The van der Waals surface area contributed by atoms with Gasteiger partial charge in [-0.1, -0.05) is 18.2 Å². The van der Waals surface area contributed by atoms with Crippen molar-refractivity contribution in [3.05, 3.63) is 59.8 Å². The Bertz CT molecular complexity index is 861. The largest absolute Gasteiger partial charge is 0.369 e. The molecule has 0 spiro atoms. The molecule has 6 heteroatoms. The van der Waals surface area contributed by atoms with Gasteiger partial charge in [-0.25, -0.2) is 4.98 Å². The third-order valence-electron chi connectivity index (χ3n) is 4.74. The van der Waals surface area contributed by atoms with Crippen LogP contribution in [0.15, 0.2) is 48.7 Å². The first-order chi connectivity index (χ1) is 12.9. The number of carbonyl (C=O) groups excluding carboxylic acids is 2. The van der Waals surface area contributed by atoms with Gasteiger partial charge in [0.15, 0.2) is 0 Å². The fraction of sp³-hybridized carbons (Fsp3) is 0.286. The van der Waals surface area contributed by atoms with Gasteiger partial charge in [-0.05, 0) is 41.8 Å². The summed E-state index contributed by atoms with van der Waals surface area (Å²) in [6.45, 7) is 2.10. The highest BCUT2D eigenvalue weighted by molar-refractivity contribution is 5.92. The molecule has 1 atom stereocenters. The Labute approximate surface area is 159 Å². The van der Waals surface area contributed by atoms with Crippen molar-refractivity contribution in [2.45, 2.75) is 19.4 Å². The third-order valence-corrected chi connectivity index (χ3v) is 4.74. The van der Waals surface area contributed by atoms with Gasteiger partial charge in [0.1, 0.15) is 5.82 Å². The van der Waals surface area contributed by atoms with E-state index in [1.165, 1.54) is 18.2 Å². The van der Waals surface area contributed by atoms with Crippen molar-refractivity contribution in [3.63, 3.8) is 0 Å². The lowest BCUT2D eigenvalue weighted by Gasteiger charge is -2.27. The van der Waals surface area contributed by atoms with E-state index in [1.54, 1.807) is 29.3 Å². The summed E-state index contributed by atoms with van der Waals surface area (Å²) in [5.41, 5.74) is 3.37. The van der Waals surface area contributed by atoms with Crippen LogP contribution in [0.4, 0.5) is 11.5 Å². The Kier molecular flexibility index (Phi) is 5.54. The van der Waals surface area contributed by atoms with Crippen LogP contribution in [0.3, 0.4) is 0 Å². The molecule has 0 saturated carbocycles. The van der Waals surface area contributed by atoms with Crippen molar-refractivity contribution in [2.75, 3.05) is 30.9 Å². The molecule has 3 rings (SSSR count). The predicted octanol–water partition coefficient (Wildman–Crippen LogP) is 2.57. The summed E-state index contributed by atoms with van der Waals surface area (Å²) in [6, 6.07) is 12.2. The summed E-state index contributed by atoms with van der Waals surface area (Å²) in [5.74, 6) is 0.277. The van der Waals surface area contributed by atoms with Gasteiger partial charge in [-0.3, -0.25) is 9.59 Å². The molecule has 140 valence electrons. The van der Waals surface area contributed by atoms with Crippen LogP contribution >= 0.6 is 0 Å². The first-order valence-electron chi connectivity index (χ1n) is 8.91. The summed E-state index contributed by atoms with van der Waals surface area (Å²) < 4.78 is 0. The number of aromatic nitrogens is 1. The minimum Gasteiger partial charge on any atom is -0.369 e. The maximum atomic E-state index is 12.4. The molecule has 1 aromatic carbocycles. The zero-order chi connectivity index (χ0) is 19.4. The SMILES string of the molecule is CC(=O)Nc1ccc(C=CC(=O)N(C)CC2Cc3ccccc3N2C)cn1. The first kappa shape index (κ1) is 18.6. The molecule has 2 aromatic rings. The minimum atomic E-state index is -0.165. The van der Waals surface area contributed by atoms with Crippen LogP contribution in [0.2, 0.25) is 0 Å². The highest BCUT2D eigenvalue weighted by Gasteiger charge is 2.27. The number of nitrogens with one attached hydrogen (secondary N) is 1. The van der Waals surface area contributed by atoms with E-state index >= 15 is 0 Å².